The van der Waals surface area contributed by atoms with Crippen LogP contribution in [0.1, 0.15) is 22.3 Å². The maximum atomic E-state index is 12.7. The summed E-state index contributed by atoms with van der Waals surface area (Å²) < 4.78 is 101. The van der Waals surface area contributed by atoms with Gasteiger partial charge in [-0.05, 0) is 47.5 Å². The third kappa shape index (κ3) is 3.64. The van der Waals surface area contributed by atoms with Crippen LogP contribution in [0.15, 0.2) is 60.7 Å². The first-order chi connectivity index (χ1) is 12.4. The highest BCUT2D eigenvalue weighted by molar-refractivity contribution is 8.09. The molecule has 0 amide bonds. The number of hydrogen-bond donors (Lipinski definition) is 0. The van der Waals surface area contributed by atoms with Crippen LogP contribution in [-0.4, -0.2) is 8.42 Å². The lowest BCUT2D eigenvalue weighted by atomic mass is 10.1. The molecule has 0 aliphatic carbocycles. The molecular weight excluding hydrogens is 394 g/mol. The van der Waals surface area contributed by atoms with Crippen LogP contribution >= 0.6 is 0 Å². The van der Waals surface area contributed by atoms with Crippen LogP contribution in [0, 0.1) is 0 Å². The molecule has 0 saturated heterocycles. The normalized spacial score (nSPS) is 16.8. The summed E-state index contributed by atoms with van der Waals surface area (Å²) in [6.07, 6.45) is -6.67. The average Bonchev–Trinajstić information content (AvgIpc) is 2.88. The van der Waals surface area contributed by atoms with E-state index in [0.29, 0.717) is 0 Å². The van der Waals surface area contributed by atoms with Crippen LogP contribution in [-0.2, 0) is 22.2 Å². The van der Waals surface area contributed by atoms with Gasteiger partial charge in [0.2, 0.25) is 9.84 Å². The molecule has 9 heteroatoms. The van der Waals surface area contributed by atoms with E-state index in [0.717, 1.165) is 48.5 Å². The number of sulfone groups is 1. The summed E-state index contributed by atoms with van der Waals surface area (Å²) in [7, 11) is -4.07. The minimum absolute atomic E-state index is 0.0566. The van der Waals surface area contributed by atoms with E-state index in [2.05, 4.69) is 0 Å². The Labute approximate surface area is 150 Å². The van der Waals surface area contributed by atoms with E-state index in [1.807, 2.05) is 0 Å². The highest BCUT2D eigenvalue weighted by atomic mass is 32.2. The van der Waals surface area contributed by atoms with Crippen LogP contribution in [0.4, 0.5) is 26.3 Å². The quantitative estimate of drug-likeness (QED) is 0.617. The molecule has 0 saturated carbocycles. The van der Waals surface area contributed by atoms with Crippen molar-refractivity contribution >= 4 is 19.6 Å². The van der Waals surface area contributed by atoms with Gasteiger partial charge in [-0.15, -0.1) is 0 Å². The van der Waals surface area contributed by atoms with E-state index >= 15 is 0 Å². The van der Waals surface area contributed by atoms with E-state index in [-0.39, 0.29) is 20.9 Å². The zero-order valence-corrected chi connectivity index (χ0v) is 14.1. The van der Waals surface area contributed by atoms with Crippen molar-refractivity contribution in [3.05, 3.63) is 82.9 Å². The summed E-state index contributed by atoms with van der Waals surface area (Å²) in [4.78, 5) is -0.433. The summed E-state index contributed by atoms with van der Waals surface area (Å²) in [6, 6.07) is 7.21. The molecule has 27 heavy (non-hydrogen) atoms. The fourth-order valence-electron chi connectivity index (χ4n) is 2.60. The van der Waals surface area contributed by atoms with Crippen molar-refractivity contribution < 1.29 is 34.8 Å². The van der Waals surface area contributed by atoms with Gasteiger partial charge in [-0.3, -0.25) is 0 Å². The van der Waals surface area contributed by atoms with Crippen LogP contribution in [0.5, 0.6) is 0 Å². The fraction of sp³-hybridized carbons (Fsp3) is 0.111. The number of halogens is 6. The van der Waals surface area contributed by atoms with E-state index < -0.39 is 33.3 Å². The Bertz CT molecular complexity index is 946. The van der Waals surface area contributed by atoms with Gasteiger partial charge in [0.15, 0.2) is 0 Å². The molecule has 2 aromatic carbocycles. The molecular formula is C18H10F6O2S. The van der Waals surface area contributed by atoms with Crippen molar-refractivity contribution in [3.8, 4) is 0 Å². The molecule has 2 nitrogen and oxygen atoms in total. The molecule has 3 rings (SSSR count). The molecule has 0 unspecified atom stereocenters. The standard InChI is InChI=1S/C18H10F6O2S/c19-17(20,21)13-5-1-11(2-6-13)15-9-10-16(27(15,25)26)12-3-7-14(8-4-12)18(22,23)24/h1-10H. The fourth-order valence-corrected chi connectivity index (χ4v) is 4.22. The van der Waals surface area contributed by atoms with Crippen molar-refractivity contribution in [2.75, 3.05) is 0 Å². The van der Waals surface area contributed by atoms with Gasteiger partial charge in [-0.1, -0.05) is 24.3 Å². The minimum Gasteiger partial charge on any atom is -0.218 e. The molecule has 0 radical (unpaired) electrons. The van der Waals surface area contributed by atoms with E-state index in [9.17, 15) is 34.8 Å². The van der Waals surface area contributed by atoms with Crippen molar-refractivity contribution in [3.63, 3.8) is 0 Å². The van der Waals surface area contributed by atoms with Crippen molar-refractivity contribution in [2.24, 2.45) is 0 Å². The Morgan fingerprint density at radius 2 is 0.852 bits per heavy atom. The van der Waals surface area contributed by atoms with Gasteiger partial charge in [0.05, 0.1) is 20.9 Å². The van der Waals surface area contributed by atoms with Gasteiger partial charge in [-0.2, -0.15) is 26.3 Å². The number of hydrogen-bond acceptors (Lipinski definition) is 2. The predicted octanol–water partition coefficient (Wildman–Crippen LogP) is 5.53. The Balaban J connectivity index is 1.90. The Hall–Kier alpha value is -2.55. The zero-order chi connectivity index (χ0) is 20.0. The summed E-state index contributed by atoms with van der Waals surface area (Å²) in [6.45, 7) is 0. The summed E-state index contributed by atoms with van der Waals surface area (Å²) in [5.41, 5.74) is -1.72. The molecule has 1 aliphatic heterocycles. The molecule has 0 atom stereocenters. The molecule has 1 heterocycles. The molecule has 0 aromatic heterocycles. The van der Waals surface area contributed by atoms with Crippen LogP contribution in [0.2, 0.25) is 0 Å². The molecule has 0 fully saturated rings. The van der Waals surface area contributed by atoms with Crippen LogP contribution in [0.25, 0.3) is 9.81 Å². The van der Waals surface area contributed by atoms with Gasteiger partial charge in [0, 0.05) is 0 Å². The van der Waals surface area contributed by atoms with E-state index in [4.69, 9.17) is 0 Å². The monoisotopic (exact) mass is 404 g/mol. The highest BCUT2D eigenvalue weighted by Gasteiger charge is 2.34. The largest absolute Gasteiger partial charge is 0.416 e. The second-order valence-electron chi connectivity index (χ2n) is 5.72. The first-order valence-corrected chi connectivity index (χ1v) is 8.91. The SMILES string of the molecule is O=S1(=O)C(c2ccc(C(F)(F)F)cc2)=CC=C1c1ccc(C(F)(F)F)cc1. The second kappa shape index (κ2) is 6.26. The lowest BCUT2D eigenvalue weighted by Gasteiger charge is -2.11. The van der Waals surface area contributed by atoms with Crippen LogP contribution in [0.3, 0.4) is 0 Å². The summed E-state index contributed by atoms with van der Waals surface area (Å²) in [5.74, 6) is 0. The number of alkyl halides is 6. The summed E-state index contributed by atoms with van der Waals surface area (Å²) in [5, 5.41) is 0. The number of benzene rings is 2. The predicted molar refractivity (Wildman–Crippen MR) is 87.8 cm³/mol. The maximum absolute atomic E-state index is 12.7. The van der Waals surface area contributed by atoms with Gasteiger partial charge in [-0.25, -0.2) is 8.42 Å². The van der Waals surface area contributed by atoms with E-state index in [1.165, 1.54) is 12.2 Å². The maximum Gasteiger partial charge on any atom is 0.416 e. The Morgan fingerprint density at radius 1 is 0.556 bits per heavy atom. The molecule has 1 aliphatic rings. The van der Waals surface area contributed by atoms with Gasteiger partial charge < -0.3 is 0 Å². The highest BCUT2D eigenvalue weighted by Crippen LogP contribution is 2.39. The molecule has 142 valence electrons. The second-order valence-corrected chi connectivity index (χ2v) is 7.60. The molecule has 2 aromatic rings. The Kier molecular flexibility index (Phi) is 4.46. The smallest absolute Gasteiger partial charge is 0.218 e. The number of rotatable bonds is 2. The summed E-state index contributed by atoms with van der Waals surface area (Å²) >= 11 is 0. The first kappa shape index (κ1) is 19.2. The van der Waals surface area contributed by atoms with Crippen LogP contribution < -0.4 is 0 Å². The topological polar surface area (TPSA) is 34.1 Å². The lowest BCUT2D eigenvalue weighted by molar-refractivity contribution is -0.138. The minimum atomic E-state index is -4.55. The van der Waals surface area contributed by atoms with E-state index in [1.54, 1.807) is 0 Å². The third-order valence-electron chi connectivity index (χ3n) is 3.96. The van der Waals surface area contributed by atoms with Gasteiger partial charge in [0.25, 0.3) is 0 Å². The van der Waals surface area contributed by atoms with Crippen molar-refractivity contribution in [2.45, 2.75) is 12.4 Å². The Morgan fingerprint density at radius 3 is 1.11 bits per heavy atom. The average molecular weight is 404 g/mol. The molecule has 0 bridgehead atoms. The molecule has 0 spiro atoms. The third-order valence-corrected chi connectivity index (χ3v) is 5.86. The molecule has 0 N–H and O–H groups in total. The van der Waals surface area contributed by atoms with Gasteiger partial charge >= 0.3 is 12.4 Å². The lowest BCUT2D eigenvalue weighted by Crippen LogP contribution is -2.07. The first-order valence-electron chi connectivity index (χ1n) is 7.43. The zero-order valence-electron chi connectivity index (χ0n) is 13.3. The van der Waals surface area contributed by atoms with Gasteiger partial charge in [0.1, 0.15) is 0 Å². The number of allylic oxidation sites excluding steroid dienone is 2. The van der Waals surface area contributed by atoms with Crippen molar-refractivity contribution in [1.82, 2.24) is 0 Å². The van der Waals surface area contributed by atoms with Crippen molar-refractivity contribution in [1.29, 1.82) is 0 Å².